The molecule has 6 heteroatoms. The highest BCUT2D eigenvalue weighted by Gasteiger charge is 2.24. The minimum Gasteiger partial charge on any atom is -0.394 e. The van der Waals surface area contributed by atoms with Crippen molar-refractivity contribution in [3.8, 4) is 0 Å². The van der Waals surface area contributed by atoms with Crippen LogP contribution < -0.4 is 5.73 Å². The van der Waals surface area contributed by atoms with Crippen molar-refractivity contribution in [2.75, 3.05) is 26.0 Å². The van der Waals surface area contributed by atoms with E-state index in [1.54, 1.807) is 24.3 Å². The molecule has 0 radical (unpaired) electrons. The Balaban J connectivity index is 2.80. The molecule has 0 atom stereocenters. The molecular formula is C14H24N2O3S. The molecule has 5 nitrogen and oxygen atoms in total. The van der Waals surface area contributed by atoms with Crippen LogP contribution in [-0.2, 0) is 16.4 Å². The Bertz CT molecular complexity index is 541. The SMILES string of the molecule is CN(CCS(=O)(=O)c1cccc(CN)c1)C(C)(C)CO. The first-order valence-electron chi connectivity index (χ1n) is 6.57. The predicted octanol–water partition coefficient (Wildman–Crippen LogP) is 0.622. The zero-order chi connectivity index (χ0) is 15.4. The Morgan fingerprint density at radius 2 is 2.00 bits per heavy atom. The van der Waals surface area contributed by atoms with Crippen molar-refractivity contribution in [3.05, 3.63) is 29.8 Å². The summed E-state index contributed by atoms with van der Waals surface area (Å²) in [6.07, 6.45) is 0. The number of hydrogen-bond acceptors (Lipinski definition) is 5. The van der Waals surface area contributed by atoms with Crippen molar-refractivity contribution in [2.45, 2.75) is 30.8 Å². The van der Waals surface area contributed by atoms with Gasteiger partial charge in [-0.2, -0.15) is 0 Å². The number of hydrogen-bond donors (Lipinski definition) is 2. The maximum absolute atomic E-state index is 12.3. The summed E-state index contributed by atoms with van der Waals surface area (Å²) < 4.78 is 24.6. The lowest BCUT2D eigenvalue weighted by molar-refractivity contribution is 0.0841. The van der Waals surface area contributed by atoms with Gasteiger partial charge in [0.2, 0.25) is 0 Å². The van der Waals surface area contributed by atoms with Crippen LogP contribution in [0.2, 0.25) is 0 Å². The molecule has 0 bridgehead atoms. The van der Waals surface area contributed by atoms with Crippen molar-refractivity contribution in [1.82, 2.24) is 4.90 Å². The third-order valence-electron chi connectivity index (χ3n) is 3.61. The van der Waals surface area contributed by atoms with E-state index in [0.717, 1.165) is 5.56 Å². The molecule has 1 rings (SSSR count). The van der Waals surface area contributed by atoms with Gasteiger partial charge in [0.15, 0.2) is 9.84 Å². The number of nitrogens with two attached hydrogens (primary N) is 1. The van der Waals surface area contributed by atoms with Gasteiger partial charge in [0.05, 0.1) is 17.3 Å². The minimum absolute atomic E-state index is 0.0148. The summed E-state index contributed by atoms with van der Waals surface area (Å²) in [5.74, 6) is 0.0148. The van der Waals surface area contributed by atoms with Gasteiger partial charge in [-0.25, -0.2) is 8.42 Å². The quantitative estimate of drug-likeness (QED) is 0.771. The first-order valence-corrected chi connectivity index (χ1v) is 8.22. The Hall–Kier alpha value is -0.950. The summed E-state index contributed by atoms with van der Waals surface area (Å²) in [6.45, 7) is 4.40. The Kier molecular flexibility index (Phi) is 5.70. The van der Waals surface area contributed by atoms with Crippen LogP contribution in [0.3, 0.4) is 0 Å². The topological polar surface area (TPSA) is 83.6 Å². The molecule has 0 aliphatic rings. The van der Waals surface area contributed by atoms with Crippen LogP contribution in [0.25, 0.3) is 0 Å². The molecular weight excluding hydrogens is 276 g/mol. The molecule has 0 aromatic heterocycles. The van der Waals surface area contributed by atoms with Crippen molar-refractivity contribution in [3.63, 3.8) is 0 Å². The smallest absolute Gasteiger partial charge is 0.179 e. The van der Waals surface area contributed by atoms with Crippen LogP contribution in [0.1, 0.15) is 19.4 Å². The first-order chi connectivity index (χ1) is 9.23. The van der Waals surface area contributed by atoms with Crippen LogP contribution in [0.5, 0.6) is 0 Å². The van der Waals surface area contributed by atoms with E-state index in [1.807, 2.05) is 25.8 Å². The van der Waals surface area contributed by atoms with E-state index in [2.05, 4.69) is 0 Å². The summed E-state index contributed by atoms with van der Waals surface area (Å²) >= 11 is 0. The number of nitrogens with zero attached hydrogens (tertiary/aromatic N) is 1. The summed E-state index contributed by atoms with van der Waals surface area (Å²) in [5, 5.41) is 9.27. The predicted molar refractivity (Wildman–Crippen MR) is 80.2 cm³/mol. The third kappa shape index (κ3) is 4.28. The summed E-state index contributed by atoms with van der Waals surface area (Å²) in [6, 6.07) is 6.72. The van der Waals surface area contributed by atoms with Gasteiger partial charge in [-0.3, -0.25) is 4.90 Å². The number of likely N-dealkylation sites (N-methyl/N-ethyl adjacent to an activating group) is 1. The second kappa shape index (κ2) is 6.67. The van der Waals surface area contributed by atoms with Crippen molar-refractivity contribution < 1.29 is 13.5 Å². The lowest BCUT2D eigenvalue weighted by Crippen LogP contribution is -2.46. The van der Waals surface area contributed by atoms with Crippen molar-refractivity contribution in [2.24, 2.45) is 5.73 Å². The summed E-state index contributed by atoms with van der Waals surface area (Å²) in [7, 11) is -1.53. The number of aliphatic hydroxyl groups excluding tert-OH is 1. The molecule has 0 saturated heterocycles. The number of aliphatic hydroxyl groups is 1. The van der Waals surface area contributed by atoms with E-state index in [1.165, 1.54) is 0 Å². The van der Waals surface area contributed by atoms with Crippen LogP contribution in [0.15, 0.2) is 29.2 Å². The van der Waals surface area contributed by atoms with Gasteiger partial charge < -0.3 is 10.8 Å². The number of benzene rings is 1. The molecule has 0 aliphatic heterocycles. The Labute approximate surface area is 121 Å². The van der Waals surface area contributed by atoms with Crippen molar-refractivity contribution in [1.29, 1.82) is 0 Å². The zero-order valence-electron chi connectivity index (χ0n) is 12.3. The van der Waals surface area contributed by atoms with Crippen LogP contribution in [0, 0.1) is 0 Å². The van der Waals surface area contributed by atoms with Crippen LogP contribution in [-0.4, -0.2) is 49.9 Å². The fraction of sp³-hybridized carbons (Fsp3) is 0.571. The van der Waals surface area contributed by atoms with Gasteiger partial charge in [0.1, 0.15) is 0 Å². The lowest BCUT2D eigenvalue weighted by Gasteiger charge is -2.33. The third-order valence-corrected chi connectivity index (χ3v) is 5.30. The molecule has 0 amide bonds. The summed E-state index contributed by atoms with van der Waals surface area (Å²) in [5.41, 5.74) is 5.89. The molecule has 0 saturated carbocycles. The fourth-order valence-electron chi connectivity index (χ4n) is 1.66. The van der Waals surface area contributed by atoms with E-state index in [-0.39, 0.29) is 12.4 Å². The first kappa shape index (κ1) is 17.1. The average Bonchev–Trinajstić information content (AvgIpc) is 2.44. The largest absolute Gasteiger partial charge is 0.394 e. The van der Waals surface area contributed by atoms with Crippen LogP contribution >= 0.6 is 0 Å². The van der Waals surface area contributed by atoms with Gasteiger partial charge in [-0.05, 0) is 38.6 Å². The standard InChI is InChI=1S/C14H24N2O3S/c1-14(2,11-17)16(3)7-8-20(18,19)13-6-4-5-12(9-13)10-15/h4-6,9,17H,7-8,10-11,15H2,1-3H3. The van der Waals surface area contributed by atoms with Crippen molar-refractivity contribution >= 4 is 9.84 Å². The highest BCUT2D eigenvalue weighted by Crippen LogP contribution is 2.15. The van der Waals surface area contributed by atoms with Gasteiger partial charge in [0, 0.05) is 18.6 Å². The molecule has 0 fully saturated rings. The zero-order valence-corrected chi connectivity index (χ0v) is 13.2. The van der Waals surface area contributed by atoms with Gasteiger partial charge in [-0.1, -0.05) is 12.1 Å². The van der Waals surface area contributed by atoms with E-state index in [9.17, 15) is 13.5 Å². The van der Waals surface area contributed by atoms with Gasteiger partial charge in [-0.15, -0.1) is 0 Å². The number of sulfone groups is 1. The minimum atomic E-state index is -3.34. The van der Waals surface area contributed by atoms with E-state index in [0.29, 0.717) is 18.0 Å². The number of rotatable bonds is 7. The molecule has 20 heavy (non-hydrogen) atoms. The average molecular weight is 300 g/mol. The van der Waals surface area contributed by atoms with Gasteiger partial charge in [0.25, 0.3) is 0 Å². The Morgan fingerprint density at radius 3 is 2.55 bits per heavy atom. The highest BCUT2D eigenvalue weighted by molar-refractivity contribution is 7.91. The molecule has 3 N–H and O–H groups in total. The molecule has 0 unspecified atom stereocenters. The van der Waals surface area contributed by atoms with E-state index < -0.39 is 15.4 Å². The van der Waals surface area contributed by atoms with E-state index >= 15 is 0 Å². The second-order valence-corrected chi connectivity index (χ2v) is 7.67. The molecule has 1 aromatic rings. The Morgan fingerprint density at radius 1 is 1.35 bits per heavy atom. The fourth-order valence-corrected chi connectivity index (χ4v) is 3.03. The maximum Gasteiger partial charge on any atom is 0.179 e. The summed E-state index contributed by atoms with van der Waals surface area (Å²) in [4.78, 5) is 2.15. The molecule has 0 heterocycles. The van der Waals surface area contributed by atoms with Gasteiger partial charge >= 0.3 is 0 Å². The monoisotopic (exact) mass is 300 g/mol. The molecule has 1 aromatic carbocycles. The molecule has 114 valence electrons. The second-order valence-electron chi connectivity index (χ2n) is 5.56. The van der Waals surface area contributed by atoms with E-state index in [4.69, 9.17) is 5.73 Å². The highest BCUT2D eigenvalue weighted by atomic mass is 32.2. The maximum atomic E-state index is 12.3. The normalized spacial score (nSPS) is 12.9. The van der Waals surface area contributed by atoms with Crippen LogP contribution in [0.4, 0.5) is 0 Å². The molecule has 0 aliphatic carbocycles. The lowest BCUT2D eigenvalue weighted by atomic mass is 10.1. The molecule has 0 spiro atoms.